The summed E-state index contributed by atoms with van der Waals surface area (Å²) in [6.45, 7) is 3.13. The fraction of sp³-hybridized carbons (Fsp3) is 0.333. The Morgan fingerprint density at radius 1 is 1.22 bits per heavy atom. The molecule has 0 atom stereocenters. The molecular formula is C27H27N5O4. The van der Waals surface area contributed by atoms with Gasteiger partial charge < -0.3 is 14.6 Å². The van der Waals surface area contributed by atoms with Gasteiger partial charge in [-0.3, -0.25) is 19.1 Å². The summed E-state index contributed by atoms with van der Waals surface area (Å²) in [7, 11) is 1.65. The minimum Gasteiger partial charge on any atom is -0.497 e. The Labute approximate surface area is 206 Å². The number of aromatic amines is 2. The molecule has 1 aliphatic carbocycles. The number of rotatable bonds is 5. The molecule has 1 saturated carbocycles. The second-order valence-electron chi connectivity index (χ2n) is 9.42. The van der Waals surface area contributed by atoms with E-state index in [-0.39, 0.29) is 17.2 Å². The van der Waals surface area contributed by atoms with Crippen LogP contribution in [0.5, 0.6) is 5.75 Å². The molecule has 0 radical (unpaired) electrons. The largest absolute Gasteiger partial charge is 0.497 e. The van der Waals surface area contributed by atoms with E-state index in [2.05, 4.69) is 21.0 Å². The molecule has 2 aliphatic rings. The van der Waals surface area contributed by atoms with Gasteiger partial charge in [-0.05, 0) is 56.0 Å². The van der Waals surface area contributed by atoms with Crippen molar-refractivity contribution in [2.24, 2.45) is 0 Å². The first-order valence-corrected chi connectivity index (χ1v) is 12.3. The monoisotopic (exact) mass is 485 g/mol. The van der Waals surface area contributed by atoms with Crippen LogP contribution < -0.4 is 16.0 Å². The van der Waals surface area contributed by atoms with Gasteiger partial charge >= 0.3 is 5.69 Å². The topological polar surface area (TPSA) is 113 Å². The number of nitrogens with zero attached hydrogens (tertiary/aromatic N) is 3. The summed E-state index contributed by atoms with van der Waals surface area (Å²) in [6, 6.07) is 7.69. The maximum Gasteiger partial charge on any atom is 0.329 e. The lowest BCUT2D eigenvalue weighted by molar-refractivity contribution is 0.0774. The van der Waals surface area contributed by atoms with Gasteiger partial charge in [-0.2, -0.15) is 0 Å². The second-order valence-corrected chi connectivity index (χ2v) is 9.42. The van der Waals surface area contributed by atoms with E-state index in [0.717, 1.165) is 46.3 Å². The first-order valence-electron chi connectivity index (χ1n) is 12.3. The second kappa shape index (κ2) is 8.51. The quantitative estimate of drug-likeness (QED) is 0.450. The van der Waals surface area contributed by atoms with Gasteiger partial charge in [0.2, 0.25) is 0 Å². The van der Waals surface area contributed by atoms with Crippen molar-refractivity contribution >= 4 is 33.4 Å². The maximum absolute atomic E-state index is 13.7. The maximum atomic E-state index is 13.7. The minimum atomic E-state index is -0.570. The Bertz CT molecular complexity index is 1670. The first kappa shape index (κ1) is 22.3. The van der Waals surface area contributed by atoms with Crippen LogP contribution in [-0.2, 0) is 6.54 Å². The summed E-state index contributed by atoms with van der Waals surface area (Å²) in [5.41, 5.74) is 3.60. The molecule has 4 aromatic rings. The van der Waals surface area contributed by atoms with E-state index in [4.69, 9.17) is 4.74 Å². The molecule has 9 heteroatoms. The normalized spacial score (nSPS) is 15.9. The summed E-state index contributed by atoms with van der Waals surface area (Å²) in [4.78, 5) is 51.1. The highest BCUT2D eigenvalue weighted by molar-refractivity contribution is 6.05. The van der Waals surface area contributed by atoms with E-state index >= 15 is 0 Å². The Hall–Kier alpha value is -4.14. The highest BCUT2D eigenvalue weighted by Gasteiger charge is 2.30. The van der Waals surface area contributed by atoms with Crippen LogP contribution in [0.3, 0.4) is 0 Å². The molecule has 184 valence electrons. The molecular weight excluding hydrogens is 458 g/mol. The average molecular weight is 486 g/mol. The van der Waals surface area contributed by atoms with Crippen LogP contribution in [0, 0.1) is 0 Å². The van der Waals surface area contributed by atoms with Gasteiger partial charge in [0.1, 0.15) is 5.75 Å². The predicted octanol–water partition coefficient (Wildman–Crippen LogP) is 3.40. The molecule has 0 saturated heterocycles. The van der Waals surface area contributed by atoms with Crippen molar-refractivity contribution in [1.29, 1.82) is 0 Å². The number of pyridine rings is 1. The Kier molecular flexibility index (Phi) is 5.28. The number of aryl methyl sites for hydroxylation is 1. The zero-order chi connectivity index (χ0) is 25.0. The number of carbonyl (C=O) groups excluding carboxylic acids is 1. The molecule has 0 unspecified atom stereocenters. The summed E-state index contributed by atoms with van der Waals surface area (Å²) < 4.78 is 6.82. The molecule has 1 fully saturated rings. The Balaban J connectivity index is 1.37. The number of hydrogen-bond donors (Lipinski definition) is 2. The van der Waals surface area contributed by atoms with Crippen molar-refractivity contribution in [3.63, 3.8) is 0 Å². The van der Waals surface area contributed by atoms with Crippen molar-refractivity contribution in [2.45, 2.75) is 38.6 Å². The van der Waals surface area contributed by atoms with Crippen LogP contribution >= 0.6 is 0 Å². The number of amides is 1. The lowest BCUT2D eigenvalue weighted by Gasteiger charge is -2.27. The van der Waals surface area contributed by atoms with E-state index < -0.39 is 11.2 Å². The number of fused-ring (bicyclic) bond motifs is 2. The van der Waals surface area contributed by atoms with Gasteiger partial charge in [-0.25, -0.2) is 9.78 Å². The fourth-order valence-electron chi connectivity index (χ4n) is 5.10. The Morgan fingerprint density at radius 3 is 2.75 bits per heavy atom. The van der Waals surface area contributed by atoms with E-state index in [0.29, 0.717) is 37.3 Å². The number of ether oxygens (including phenoxy) is 1. The van der Waals surface area contributed by atoms with Crippen molar-refractivity contribution in [1.82, 2.24) is 24.4 Å². The molecule has 6 rings (SSSR count). The van der Waals surface area contributed by atoms with Crippen LogP contribution in [0.2, 0.25) is 0 Å². The third-order valence-electron chi connectivity index (χ3n) is 7.24. The van der Waals surface area contributed by atoms with Gasteiger partial charge in [0.15, 0.2) is 5.65 Å². The van der Waals surface area contributed by atoms with Crippen LogP contribution in [-0.4, -0.2) is 50.5 Å². The third kappa shape index (κ3) is 3.62. The molecule has 1 aromatic carbocycles. The first-order chi connectivity index (χ1) is 17.5. The molecule has 1 aliphatic heterocycles. The van der Waals surface area contributed by atoms with Crippen LogP contribution in [0.4, 0.5) is 0 Å². The van der Waals surface area contributed by atoms with Crippen LogP contribution in [0.15, 0.2) is 46.1 Å². The van der Waals surface area contributed by atoms with Gasteiger partial charge in [-0.15, -0.1) is 0 Å². The van der Waals surface area contributed by atoms with E-state index in [9.17, 15) is 14.4 Å². The van der Waals surface area contributed by atoms with Crippen molar-refractivity contribution < 1.29 is 9.53 Å². The van der Waals surface area contributed by atoms with Gasteiger partial charge in [-0.1, -0.05) is 6.08 Å². The summed E-state index contributed by atoms with van der Waals surface area (Å²) in [5, 5.41) is 1.27. The standard InChI is InChI=1S/C27H27N5O4/c1-3-32-24-23(25(33)30-27(32)35)19(13-22(29-24)16-4-5-16)26(34)31-10-8-15(9-11-31)20-14-28-21-7-6-17(36-2)12-18(20)21/h6-8,12-14,16,28H,3-5,9-11H2,1-2H3,(H,30,33,35). The molecule has 1 amide bonds. The molecule has 3 aromatic heterocycles. The lowest BCUT2D eigenvalue weighted by atomic mass is 9.98. The van der Waals surface area contributed by atoms with E-state index in [1.165, 1.54) is 4.57 Å². The summed E-state index contributed by atoms with van der Waals surface area (Å²) >= 11 is 0. The van der Waals surface area contributed by atoms with Gasteiger partial charge in [0, 0.05) is 53.9 Å². The zero-order valence-corrected chi connectivity index (χ0v) is 20.3. The average Bonchev–Trinajstić information content (AvgIpc) is 3.67. The number of H-pyrrole nitrogens is 2. The molecule has 2 N–H and O–H groups in total. The van der Waals surface area contributed by atoms with Crippen molar-refractivity contribution in [2.75, 3.05) is 20.2 Å². The number of hydrogen-bond acceptors (Lipinski definition) is 5. The number of carbonyl (C=O) groups is 1. The smallest absolute Gasteiger partial charge is 0.329 e. The SMILES string of the molecule is CCn1c(=O)[nH]c(=O)c2c(C(=O)N3CC=C(c4c[nH]c5ccc(OC)cc45)CC3)cc(C3CC3)nc21. The molecule has 0 bridgehead atoms. The van der Waals surface area contributed by atoms with Crippen molar-refractivity contribution in [3.8, 4) is 5.75 Å². The minimum absolute atomic E-state index is 0.185. The summed E-state index contributed by atoms with van der Waals surface area (Å²) in [5.74, 6) is 0.850. The van der Waals surface area contributed by atoms with E-state index in [1.54, 1.807) is 18.1 Å². The number of nitrogens with one attached hydrogen (secondary N) is 2. The van der Waals surface area contributed by atoms with Gasteiger partial charge in [0.25, 0.3) is 11.5 Å². The van der Waals surface area contributed by atoms with Crippen LogP contribution in [0.25, 0.3) is 27.5 Å². The highest BCUT2D eigenvalue weighted by Crippen LogP contribution is 2.40. The van der Waals surface area contributed by atoms with Gasteiger partial charge in [0.05, 0.1) is 18.1 Å². The zero-order valence-electron chi connectivity index (χ0n) is 20.3. The molecule has 4 heterocycles. The summed E-state index contributed by atoms with van der Waals surface area (Å²) in [6.07, 6.45) is 6.74. The predicted molar refractivity (Wildman–Crippen MR) is 138 cm³/mol. The fourth-order valence-corrected chi connectivity index (χ4v) is 5.10. The third-order valence-corrected chi connectivity index (χ3v) is 7.24. The number of methoxy groups -OCH3 is 1. The van der Waals surface area contributed by atoms with Crippen molar-refractivity contribution in [3.05, 3.63) is 74.2 Å². The number of aromatic nitrogens is 4. The Morgan fingerprint density at radius 2 is 2.06 bits per heavy atom. The molecule has 0 spiro atoms. The molecule has 36 heavy (non-hydrogen) atoms. The van der Waals surface area contributed by atoms with E-state index in [1.807, 2.05) is 31.3 Å². The molecule has 9 nitrogen and oxygen atoms in total. The lowest BCUT2D eigenvalue weighted by Crippen LogP contribution is -2.37. The highest BCUT2D eigenvalue weighted by atomic mass is 16.5. The number of benzene rings is 1. The van der Waals surface area contributed by atoms with Crippen LogP contribution in [0.1, 0.15) is 53.7 Å².